The third-order valence-electron chi connectivity index (χ3n) is 5.30. The van der Waals surface area contributed by atoms with Crippen LogP contribution < -0.4 is 4.90 Å². The fraction of sp³-hybridized carbons (Fsp3) is 0.192. The van der Waals surface area contributed by atoms with E-state index in [4.69, 9.17) is 4.98 Å². The molecule has 0 atom stereocenters. The van der Waals surface area contributed by atoms with Crippen molar-refractivity contribution in [1.29, 1.82) is 0 Å². The van der Waals surface area contributed by atoms with Crippen LogP contribution in [-0.4, -0.2) is 11.5 Å². The summed E-state index contributed by atoms with van der Waals surface area (Å²) in [5.74, 6) is 0. The van der Waals surface area contributed by atoms with Gasteiger partial charge in [0.15, 0.2) is 0 Å². The molecular weight excluding hydrogens is 372 g/mol. The van der Waals surface area contributed by atoms with Crippen molar-refractivity contribution in [2.24, 2.45) is 0 Å². The second kappa shape index (κ2) is 8.62. The zero-order valence-corrected chi connectivity index (χ0v) is 18.0. The van der Waals surface area contributed by atoms with Gasteiger partial charge in [-0.15, -0.1) is 11.3 Å². The summed E-state index contributed by atoms with van der Waals surface area (Å²) < 4.78 is 1.25. The van der Waals surface area contributed by atoms with E-state index in [-0.39, 0.29) is 0 Å². The molecule has 0 saturated heterocycles. The predicted octanol–water partition coefficient (Wildman–Crippen LogP) is 7.11. The van der Waals surface area contributed by atoms with Crippen LogP contribution in [0.5, 0.6) is 0 Å². The van der Waals surface area contributed by atoms with Crippen LogP contribution in [0.1, 0.15) is 34.2 Å². The highest BCUT2D eigenvalue weighted by molar-refractivity contribution is 7.19. The molecule has 0 unspecified atom stereocenters. The number of nitrogens with zero attached hydrogens (tertiary/aromatic N) is 2. The first-order valence-corrected chi connectivity index (χ1v) is 10.9. The topological polar surface area (TPSA) is 16.1 Å². The number of hydrogen-bond acceptors (Lipinski definition) is 3. The molecule has 1 aromatic heterocycles. The van der Waals surface area contributed by atoms with E-state index in [1.807, 2.05) is 0 Å². The van der Waals surface area contributed by atoms with Gasteiger partial charge in [0.25, 0.3) is 0 Å². The van der Waals surface area contributed by atoms with Crippen LogP contribution in [0.15, 0.2) is 66.7 Å². The van der Waals surface area contributed by atoms with Gasteiger partial charge in [0.05, 0.1) is 10.2 Å². The van der Waals surface area contributed by atoms with E-state index < -0.39 is 0 Å². The summed E-state index contributed by atoms with van der Waals surface area (Å²) in [6.45, 7) is 8.41. The molecular formula is C26H26N2S. The van der Waals surface area contributed by atoms with Crippen molar-refractivity contribution >= 4 is 39.4 Å². The van der Waals surface area contributed by atoms with Gasteiger partial charge >= 0.3 is 0 Å². The molecule has 0 spiro atoms. The zero-order chi connectivity index (χ0) is 20.2. The molecule has 2 nitrogen and oxygen atoms in total. The summed E-state index contributed by atoms with van der Waals surface area (Å²) in [4.78, 5) is 7.15. The van der Waals surface area contributed by atoms with Gasteiger partial charge in [0.1, 0.15) is 5.01 Å². The smallest absolute Gasteiger partial charge is 0.117 e. The Morgan fingerprint density at radius 3 is 2.34 bits per heavy atom. The predicted molar refractivity (Wildman–Crippen MR) is 128 cm³/mol. The highest BCUT2D eigenvalue weighted by Gasteiger charge is 2.06. The van der Waals surface area contributed by atoms with Crippen LogP contribution in [-0.2, 0) is 6.54 Å². The summed E-state index contributed by atoms with van der Waals surface area (Å²) in [5.41, 5.74) is 7.48. The van der Waals surface area contributed by atoms with E-state index in [1.165, 1.54) is 32.6 Å². The first kappa shape index (κ1) is 19.4. The summed E-state index contributed by atoms with van der Waals surface area (Å²) in [6.07, 6.45) is 4.26. The van der Waals surface area contributed by atoms with Crippen molar-refractivity contribution < 1.29 is 0 Å². The molecule has 4 aromatic rings. The van der Waals surface area contributed by atoms with Gasteiger partial charge in [-0.1, -0.05) is 48.5 Å². The Morgan fingerprint density at radius 1 is 0.897 bits per heavy atom. The molecule has 3 aromatic carbocycles. The van der Waals surface area contributed by atoms with E-state index >= 15 is 0 Å². The average molecular weight is 399 g/mol. The molecule has 0 radical (unpaired) electrons. The first-order valence-electron chi connectivity index (χ1n) is 10.1. The minimum absolute atomic E-state index is 0.928. The Balaban J connectivity index is 1.48. The lowest BCUT2D eigenvalue weighted by atomic mass is 10.1. The number of thiazole rings is 1. The molecule has 0 N–H and O–H groups in total. The van der Waals surface area contributed by atoms with E-state index in [0.29, 0.717) is 0 Å². The van der Waals surface area contributed by atoms with Crippen molar-refractivity contribution in [1.82, 2.24) is 4.98 Å². The van der Waals surface area contributed by atoms with Gasteiger partial charge in [0.2, 0.25) is 0 Å². The lowest BCUT2D eigenvalue weighted by molar-refractivity contribution is 0.832. The number of anilines is 1. The molecule has 0 aliphatic heterocycles. The van der Waals surface area contributed by atoms with Crippen molar-refractivity contribution in [3.63, 3.8) is 0 Å². The Hall–Kier alpha value is -2.91. The second-order valence-electron chi connectivity index (χ2n) is 7.38. The fourth-order valence-corrected chi connectivity index (χ4v) is 4.37. The van der Waals surface area contributed by atoms with Crippen LogP contribution in [0, 0.1) is 13.8 Å². The lowest BCUT2D eigenvalue weighted by Gasteiger charge is -2.23. The molecule has 0 fully saturated rings. The van der Waals surface area contributed by atoms with Gasteiger partial charge in [0, 0.05) is 18.8 Å². The molecule has 4 rings (SSSR count). The minimum atomic E-state index is 0.928. The lowest BCUT2D eigenvalue weighted by Crippen LogP contribution is -2.21. The van der Waals surface area contributed by atoms with Crippen molar-refractivity contribution in [2.75, 3.05) is 11.4 Å². The molecule has 146 valence electrons. The highest BCUT2D eigenvalue weighted by atomic mass is 32.1. The number of rotatable bonds is 6. The number of fused-ring (bicyclic) bond motifs is 1. The van der Waals surface area contributed by atoms with Gasteiger partial charge in [-0.2, -0.15) is 0 Å². The van der Waals surface area contributed by atoms with Crippen molar-refractivity contribution in [3.8, 4) is 0 Å². The van der Waals surface area contributed by atoms with Gasteiger partial charge in [-0.25, -0.2) is 4.98 Å². The number of aryl methyl sites for hydroxylation is 2. The largest absolute Gasteiger partial charge is 0.367 e. The van der Waals surface area contributed by atoms with Crippen LogP contribution in [0.25, 0.3) is 22.4 Å². The SMILES string of the molecule is CCN(Cc1ccccc1)c1ccc(C=Cc2nc3cc(C)c(C)cc3s2)cc1. The van der Waals surface area contributed by atoms with Crippen molar-refractivity contribution in [2.45, 2.75) is 27.3 Å². The molecule has 0 aliphatic rings. The molecule has 0 bridgehead atoms. The van der Waals surface area contributed by atoms with Gasteiger partial charge in [-0.3, -0.25) is 0 Å². The van der Waals surface area contributed by atoms with Crippen LogP contribution in [0.4, 0.5) is 5.69 Å². The van der Waals surface area contributed by atoms with Crippen LogP contribution in [0.2, 0.25) is 0 Å². The first-order chi connectivity index (χ1) is 14.1. The highest BCUT2D eigenvalue weighted by Crippen LogP contribution is 2.27. The number of benzene rings is 3. The monoisotopic (exact) mass is 398 g/mol. The minimum Gasteiger partial charge on any atom is -0.367 e. The Bertz CT molecular complexity index is 1090. The number of hydrogen-bond donors (Lipinski definition) is 0. The number of aromatic nitrogens is 1. The third-order valence-corrected chi connectivity index (χ3v) is 6.28. The summed E-state index contributed by atoms with van der Waals surface area (Å²) in [6, 6.07) is 23.8. The fourth-order valence-electron chi connectivity index (χ4n) is 3.42. The Kier molecular flexibility index (Phi) is 5.77. The zero-order valence-electron chi connectivity index (χ0n) is 17.2. The van der Waals surface area contributed by atoms with E-state index in [1.54, 1.807) is 11.3 Å². The molecule has 3 heteroatoms. The van der Waals surface area contributed by atoms with Crippen LogP contribution in [0.3, 0.4) is 0 Å². The second-order valence-corrected chi connectivity index (χ2v) is 8.44. The van der Waals surface area contributed by atoms with E-state index in [9.17, 15) is 0 Å². The molecule has 0 aliphatic carbocycles. The van der Waals surface area contributed by atoms with Crippen molar-refractivity contribution in [3.05, 3.63) is 94.0 Å². The van der Waals surface area contributed by atoms with Crippen LogP contribution >= 0.6 is 11.3 Å². The van der Waals surface area contributed by atoms with Gasteiger partial charge in [-0.05, 0) is 73.4 Å². The Labute approximate surface area is 177 Å². The Morgan fingerprint density at radius 2 is 1.62 bits per heavy atom. The maximum Gasteiger partial charge on any atom is 0.117 e. The third kappa shape index (κ3) is 4.57. The molecule has 1 heterocycles. The maximum absolute atomic E-state index is 4.76. The van der Waals surface area contributed by atoms with E-state index in [2.05, 4.69) is 105 Å². The normalized spacial score (nSPS) is 11.4. The summed E-state index contributed by atoms with van der Waals surface area (Å²) >= 11 is 1.75. The molecule has 29 heavy (non-hydrogen) atoms. The van der Waals surface area contributed by atoms with E-state index in [0.717, 1.165) is 23.6 Å². The maximum atomic E-state index is 4.76. The standard InChI is InChI=1S/C26H26N2S/c1-4-28(18-22-8-6-5-7-9-22)23-13-10-21(11-14-23)12-15-26-27-24-16-19(2)20(3)17-25(24)29-26/h5-17H,4,18H2,1-3H3. The van der Waals surface area contributed by atoms with Gasteiger partial charge < -0.3 is 4.90 Å². The average Bonchev–Trinajstić information content (AvgIpc) is 3.13. The summed E-state index contributed by atoms with van der Waals surface area (Å²) in [5, 5.41) is 1.05. The molecule has 0 amide bonds. The summed E-state index contributed by atoms with van der Waals surface area (Å²) in [7, 11) is 0. The molecule has 0 saturated carbocycles. The quantitative estimate of drug-likeness (QED) is 0.344.